The summed E-state index contributed by atoms with van der Waals surface area (Å²) in [4.78, 5) is 10.8. The number of nitrogens with zero attached hydrogens (tertiary/aromatic N) is 1. The summed E-state index contributed by atoms with van der Waals surface area (Å²) in [6.07, 6.45) is 0. The quantitative estimate of drug-likeness (QED) is 0.765. The third kappa shape index (κ3) is 1.55. The highest BCUT2D eigenvalue weighted by molar-refractivity contribution is 7.97. The zero-order chi connectivity index (χ0) is 13.5. The second-order valence-electron chi connectivity index (χ2n) is 3.66. The van der Waals surface area contributed by atoms with Crippen LogP contribution in [0.5, 0.6) is 0 Å². The van der Waals surface area contributed by atoms with Gasteiger partial charge in [0.1, 0.15) is 0 Å². The van der Waals surface area contributed by atoms with Crippen LogP contribution in [0.25, 0.3) is 5.76 Å². The van der Waals surface area contributed by atoms with Gasteiger partial charge in [0.05, 0.1) is 12.8 Å². The van der Waals surface area contributed by atoms with Crippen LogP contribution in [0.3, 0.4) is 0 Å². The first-order chi connectivity index (χ1) is 8.41. The van der Waals surface area contributed by atoms with E-state index in [0.717, 1.165) is 11.4 Å². The minimum Gasteiger partial charge on any atom is -0.506 e. The molecular formula is C11H11NO5S. The average molecular weight is 269 g/mol. The molecule has 0 radical (unpaired) electrons. The number of ether oxygens (including phenoxy) is 1. The number of hydrogen-bond acceptors (Lipinski definition) is 5. The van der Waals surface area contributed by atoms with E-state index >= 15 is 0 Å². The van der Waals surface area contributed by atoms with Crippen LogP contribution in [0.2, 0.25) is 0 Å². The molecule has 0 unspecified atom stereocenters. The van der Waals surface area contributed by atoms with E-state index in [-0.39, 0.29) is 5.56 Å². The molecule has 0 atom stereocenters. The lowest BCUT2D eigenvalue weighted by Gasteiger charge is -2.27. The largest absolute Gasteiger partial charge is 0.506 e. The van der Waals surface area contributed by atoms with E-state index in [0.29, 0.717) is 5.69 Å². The number of esters is 1. The predicted molar refractivity (Wildman–Crippen MR) is 65.3 cm³/mol. The van der Waals surface area contributed by atoms with E-state index in [1.807, 2.05) is 0 Å². The molecule has 1 aliphatic heterocycles. The first-order valence-corrected chi connectivity index (χ1v) is 6.45. The van der Waals surface area contributed by atoms with Gasteiger partial charge in [-0.05, 0) is 12.1 Å². The third-order valence-corrected chi connectivity index (χ3v) is 4.50. The molecule has 0 aromatic heterocycles. The normalized spacial score (nSPS) is 17.3. The second kappa shape index (κ2) is 4.02. The summed E-state index contributed by atoms with van der Waals surface area (Å²) < 4.78 is 29.5. The lowest BCUT2D eigenvalue weighted by molar-refractivity contribution is -0.135. The van der Waals surface area contributed by atoms with Gasteiger partial charge in [-0.2, -0.15) is 0 Å². The number of sulfonamides is 1. The highest BCUT2D eigenvalue weighted by atomic mass is 32.2. The molecular weight excluding hydrogens is 258 g/mol. The van der Waals surface area contributed by atoms with E-state index in [4.69, 9.17) is 0 Å². The Morgan fingerprint density at radius 2 is 1.94 bits per heavy atom. The SMILES string of the molecule is COC(=O)C1=C(O)c2ccccc2N(C)S1(=O)=O. The van der Waals surface area contributed by atoms with Crippen molar-refractivity contribution in [3.05, 3.63) is 34.7 Å². The van der Waals surface area contributed by atoms with Crippen LogP contribution in [-0.2, 0) is 19.6 Å². The molecule has 0 saturated heterocycles. The van der Waals surface area contributed by atoms with E-state index < -0.39 is 26.7 Å². The zero-order valence-corrected chi connectivity index (χ0v) is 10.6. The monoisotopic (exact) mass is 269 g/mol. The van der Waals surface area contributed by atoms with Gasteiger partial charge in [0.2, 0.25) is 4.91 Å². The van der Waals surface area contributed by atoms with Crippen molar-refractivity contribution in [2.75, 3.05) is 18.5 Å². The summed E-state index contributed by atoms with van der Waals surface area (Å²) in [6, 6.07) is 6.34. The van der Waals surface area contributed by atoms with Crippen molar-refractivity contribution in [2.45, 2.75) is 0 Å². The molecule has 1 heterocycles. The summed E-state index contributed by atoms with van der Waals surface area (Å²) in [5.41, 5.74) is 0.581. The Labute approximate surface area is 104 Å². The molecule has 7 heteroatoms. The molecule has 1 N–H and O–H groups in total. The molecule has 0 spiro atoms. The Hall–Kier alpha value is -2.02. The molecule has 2 rings (SSSR count). The van der Waals surface area contributed by atoms with Gasteiger partial charge in [-0.25, -0.2) is 13.2 Å². The lowest BCUT2D eigenvalue weighted by Crippen LogP contribution is -2.35. The zero-order valence-electron chi connectivity index (χ0n) is 9.75. The number of benzene rings is 1. The molecule has 0 aliphatic carbocycles. The van der Waals surface area contributed by atoms with Gasteiger partial charge in [0.15, 0.2) is 5.76 Å². The van der Waals surface area contributed by atoms with Crippen LogP contribution in [-0.4, -0.2) is 33.7 Å². The van der Waals surface area contributed by atoms with E-state index in [1.54, 1.807) is 12.1 Å². The minimum absolute atomic E-state index is 0.273. The average Bonchev–Trinajstić information content (AvgIpc) is 2.36. The number of rotatable bonds is 1. The van der Waals surface area contributed by atoms with Gasteiger partial charge >= 0.3 is 5.97 Å². The molecule has 0 saturated carbocycles. The van der Waals surface area contributed by atoms with Crippen molar-refractivity contribution in [3.63, 3.8) is 0 Å². The van der Waals surface area contributed by atoms with Gasteiger partial charge in [-0.1, -0.05) is 12.1 Å². The number of aliphatic hydroxyl groups is 1. The maximum absolute atomic E-state index is 12.1. The van der Waals surface area contributed by atoms with E-state index in [2.05, 4.69) is 4.74 Å². The maximum Gasteiger partial charge on any atom is 0.355 e. The maximum atomic E-state index is 12.1. The van der Waals surface area contributed by atoms with Crippen LogP contribution in [0.1, 0.15) is 5.56 Å². The van der Waals surface area contributed by atoms with Crippen molar-refractivity contribution in [1.82, 2.24) is 0 Å². The summed E-state index contributed by atoms with van der Waals surface area (Å²) in [6.45, 7) is 0. The number of carbonyl (C=O) groups excluding carboxylic acids is 1. The summed E-state index contributed by atoms with van der Waals surface area (Å²) in [7, 11) is -1.72. The summed E-state index contributed by atoms with van der Waals surface area (Å²) >= 11 is 0. The number of hydrogen-bond donors (Lipinski definition) is 1. The van der Waals surface area contributed by atoms with Crippen LogP contribution in [0, 0.1) is 0 Å². The standard InChI is InChI=1S/C11H11NO5S/c1-12-8-6-4-3-5-7(8)9(13)10(11(14)17-2)18(12,15)16/h3-6,13H,1-2H3. The fraction of sp³-hybridized carbons (Fsp3) is 0.182. The van der Waals surface area contributed by atoms with Crippen LogP contribution >= 0.6 is 0 Å². The highest BCUT2D eigenvalue weighted by Crippen LogP contribution is 2.37. The Kier molecular flexibility index (Phi) is 2.78. The number of carbonyl (C=O) groups is 1. The Bertz CT molecular complexity index is 647. The number of methoxy groups -OCH3 is 1. The Morgan fingerprint density at radius 3 is 2.56 bits per heavy atom. The van der Waals surface area contributed by atoms with Gasteiger partial charge in [0.25, 0.3) is 10.0 Å². The van der Waals surface area contributed by atoms with Crippen molar-refractivity contribution < 1.29 is 23.1 Å². The van der Waals surface area contributed by atoms with Crippen molar-refractivity contribution in [3.8, 4) is 0 Å². The lowest BCUT2D eigenvalue weighted by atomic mass is 10.1. The van der Waals surface area contributed by atoms with E-state index in [1.165, 1.54) is 19.2 Å². The molecule has 0 bridgehead atoms. The molecule has 6 nitrogen and oxygen atoms in total. The molecule has 0 amide bonds. The molecule has 0 fully saturated rings. The topological polar surface area (TPSA) is 83.9 Å². The Morgan fingerprint density at radius 1 is 1.33 bits per heavy atom. The van der Waals surface area contributed by atoms with E-state index in [9.17, 15) is 18.3 Å². The van der Waals surface area contributed by atoms with Crippen LogP contribution < -0.4 is 4.31 Å². The second-order valence-corrected chi connectivity index (χ2v) is 5.57. The number of anilines is 1. The number of para-hydroxylation sites is 1. The number of fused-ring (bicyclic) bond motifs is 1. The third-order valence-electron chi connectivity index (χ3n) is 2.70. The minimum atomic E-state index is -4.09. The van der Waals surface area contributed by atoms with Gasteiger partial charge in [0, 0.05) is 12.6 Å². The molecule has 1 aromatic carbocycles. The highest BCUT2D eigenvalue weighted by Gasteiger charge is 2.40. The fourth-order valence-electron chi connectivity index (χ4n) is 1.75. The van der Waals surface area contributed by atoms with Gasteiger partial charge in [-0.3, -0.25) is 4.31 Å². The Balaban J connectivity index is 2.82. The first-order valence-electron chi connectivity index (χ1n) is 5.01. The van der Waals surface area contributed by atoms with Gasteiger partial charge < -0.3 is 9.84 Å². The van der Waals surface area contributed by atoms with Crippen LogP contribution in [0.15, 0.2) is 29.2 Å². The summed E-state index contributed by atoms with van der Waals surface area (Å²) in [5, 5.41) is 9.95. The molecule has 1 aliphatic rings. The van der Waals surface area contributed by atoms with Crippen molar-refractivity contribution in [2.24, 2.45) is 0 Å². The molecule has 1 aromatic rings. The van der Waals surface area contributed by atoms with Gasteiger partial charge in [-0.15, -0.1) is 0 Å². The summed E-state index contributed by atoms with van der Waals surface area (Å²) in [5.74, 6) is -1.68. The fourth-order valence-corrected chi connectivity index (χ4v) is 3.09. The smallest absolute Gasteiger partial charge is 0.355 e. The van der Waals surface area contributed by atoms with Crippen molar-refractivity contribution in [1.29, 1.82) is 0 Å². The van der Waals surface area contributed by atoms with Crippen molar-refractivity contribution >= 4 is 27.4 Å². The predicted octanol–water partition coefficient (Wildman–Crippen LogP) is 0.866. The molecule has 96 valence electrons. The molecule has 18 heavy (non-hydrogen) atoms. The first kappa shape index (κ1) is 12.4. The van der Waals surface area contributed by atoms with Crippen LogP contribution in [0.4, 0.5) is 5.69 Å². The number of aliphatic hydroxyl groups excluding tert-OH is 1.